The molecule has 0 aliphatic carbocycles. The van der Waals surface area contributed by atoms with Crippen molar-refractivity contribution >= 4 is 22.8 Å². The first-order valence-corrected chi connectivity index (χ1v) is 9.26. The number of nitrogens with zero attached hydrogens (tertiary/aromatic N) is 4. The van der Waals surface area contributed by atoms with Crippen molar-refractivity contribution in [2.24, 2.45) is 0 Å². The van der Waals surface area contributed by atoms with E-state index in [1.807, 2.05) is 41.9 Å². The summed E-state index contributed by atoms with van der Waals surface area (Å²) in [6.07, 6.45) is 6.20. The Morgan fingerprint density at radius 3 is 2.83 bits per heavy atom. The maximum absolute atomic E-state index is 14.0. The lowest BCUT2D eigenvalue weighted by molar-refractivity contribution is 0.112. The van der Waals surface area contributed by atoms with Crippen molar-refractivity contribution < 1.29 is 9.18 Å². The Bertz CT molecular complexity index is 1370. The van der Waals surface area contributed by atoms with Gasteiger partial charge in [-0.25, -0.2) is 9.37 Å². The second kappa shape index (κ2) is 6.67. The van der Waals surface area contributed by atoms with Gasteiger partial charge >= 0.3 is 0 Å². The van der Waals surface area contributed by atoms with Gasteiger partial charge in [-0.05, 0) is 55.0 Å². The summed E-state index contributed by atoms with van der Waals surface area (Å²) in [6.45, 7) is 2.53. The van der Waals surface area contributed by atoms with Gasteiger partial charge in [-0.15, -0.1) is 0 Å². The number of hydrogen-bond acceptors (Lipinski definition) is 3. The molecule has 142 valence electrons. The summed E-state index contributed by atoms with van der Waals surface area (Å²) >= 11 is 0. The van der Waals surface area contributed by atoms with Crippen LogP contribution in [0, 0.1) is 12.7 Å². The molecule has 5 rings (SSSR count). The fourth-order valence-corrected chi connectivity index (χ4v) is 3.77. The molecule has 5 nitrogen and oxygen atoms in total. The van der Waals surface area contributed by atoms with Crippen molar-refractivity contribution in [3.05, 3.63) is 89.8 Å². The second-order valence-electron chi connectivity index (χ2n) is 7.03. The van der Waals surface area contributed by atoms with Gasteiger partial charge in [-0.2, -0.15) is 0 Å². The van der Waals surface area contributed by atoms with Gasteiger partial charge in [0.05, 0.1) is 11.2 Å². The van der Waals surface area contributed by atoms with E-state index in [1.165, 1.54) is 6.07 Å². The number of halogens is 1. The summed E-state index contributed by atoms with van der Waals surface area (Å²) in [7, 11) is 0. The van der Waals surface area contributed by atoms with Gasteiger partial charge in [0.15, 0.2) is 0 Å². The zero-order valence-electron chi connectivity index (χ0n) is 15.7. The van der Waals surface area contributed by atoms with Crippen LogP contribution in [0.1, 0.15) is 21.6 Å². The average molecular weight is 384 g/mol. The number of fused-ring (bicyclic) bond motifs is 2. The first-order chi connectivity index (χ1) is 14.1. The highest BCUT2D eigenvalue weighted by Crippen LogP contribution is 2.31. The van der Waals surface area contributed by atoms with Crippen LogP contribution in [0.25, 0.3) is 27.9 Å². The van der Waals surface area contributed by atoms with E-state index < -0.39 is 0 Å². The van der Waals surface area contributed by atoms with Crippen LogP contribution in [0.2, 0.25) is 0 Å². The van der Waals surface area contributed by atoms with Crippen molar-refractivity contribution in [1.29, 1.82) is 0 Å². The molecule has 0 spiro atoms. The topological polar surface area (TPSA) is 52.2 Å². The SMILES string of the molecule is Cc1c(-c2cc3ccc(F)cc3n2Cc2cccnc2)nc2cc(C=O)ccn12. The highest BCUT2D eigenvalue weighted by atomic mass is 19.1. The molecule has 0 saturated carbocycles. The van der Waals surface area contributed by atoms with Crippen molar-refractivity contribution in [1.82, 2.24) is 18.9 Å². The highest BCUT2D eigenvalue weighted by molar-refractivity contribution is 5.87. The number of carbonyl (C=O) groups is 1. The lowest BCUT2D eigenvalue weighted by atomic mass is 10.2. The molecule has 0 unspecified atom stereocenters. The minimum atomic E-state index is -0.281. The predicted molar refractivity (Wildman–Crippen MR) is 110 cm³/mol. The van der Waals surface area contributed by atoms with Crippen molar-refractivity contribution in [2.45, 2.75) is 13.5 Å². The number of pyridine rings is 2. The molecule has 1 aromatic carbocycles. The summed E-state index contributed by atoms with van der Waals surface area (Å²) in [4.78, 5) is 20.1. The zero-order valence-corrected chi connectivity index (χ0v) is 15.7. The highest BCUT2D eigenvalue weighted by Gasteiger charge is 2.18. The average Bonchev–Trinajstić information content (AvgIpc) is 3.26. The van der Waals surface area contributed by atoms with E-state index in [1.54, 1.807) is 30.5 Å². The normalized spacial score (nSPS) is 11.4. The maximum Gasteiger partial charge on any atom is 0.150 e. The van der Waals surface area contributed by atoms with Crippen molar-refractivity contribution in [3.8, 4) is 11.4 Å². The van der Waals surface area contributed by atoms with E-state index in [9.17, 15) is 9.18 Å². The van der Waals surface area contributed by atoms with Gasteiger partial charge in [0.1, 0.15) is 23.4 Å². The van der Waals surface area contributed by atoms with Crippen LogP contribution in [0.5, 0.6) is 0 Å². The number of imidazole rings is 1. The number of rotatable bonds is 4. The van der Waals surface area contributed by atoms with Gasteiger partial charge in [0, 0.05) is 41.8 Å². The van der Waals surface area contributed by atoms with Crippen LogP contribution >= 0.6 is 0 Å². The molecule has 4 heterocycles. The standard InChI is InChI=1S/C23H17FN4O/c1-15-23(26-22-9-16(14-29)6-8-27(15)22)21-10-18-4-5-19(24)11-20(18)28(21)13-17-3-2-7-25-12-17/h2-12,14H,13H2,1H3. The van der Waals surface area contributed by atoms with E-state index in [-0.39, 0.29) is 5.82 Å². The number of aldehydes is 1. The molecule has 0 N–H and O–H groups in total. The smallest absolute Gasteiger partial charge is 0.150 e. The minimum Gasteiger partial charge on any atom is -0.335 e. The molecule has 0 aliphatic rings. The fraction of sp³-hybridized carbons (Fsp3) is 0.0870. The third-order valence-electron chi connectivity index (χ3n) is 5.20. The Labute approximate surface area is 166 Å². The molecule has 6 heteroatoms. The van der Waals surface area contributed by atoms with Crippen LogP contribution in [0.15, 0.2) is 67.1 Å². The number of benzene rings is 1. The minimum absolute atomic E-state index is 0.281. The maximum atomic E-state index is 14.0. The van der Waals surface area contributed by atoms with E-state index in [0.717, 1.165) is 39.8 Å². The van der Waals surface area contributed by atoms with E-state index >= 15 is 0 Å². The Morgan fingerprint density at radius 2 is 2.03 bits per heavy atom. The van der Waals surface area contributed by atoms with E-state index in [0.29, 0.717) is 17.8 Å². The fourth-order valence-electron chi connectivity index (χ4n) is 3.77. The molecular formula is C23H17FN4O. The van der Waals surface area contributed by atoms with Crippen molar-refractivity contribution in [2.75, 3.05) is 0 Å². The molecule has 29 heavy (non-hydrogen) atoms. The quantitative estimate of drug-likeness (QED) is 0.424. The molecule has 5 aromatic rings. The lowest BCUT2D eigenvalue weighted by Gasteiger charge is -2.10. The Hall–Kier alpha value is -3.80. The lowest BCUT2D eigenvalue weighted by Crippen LogP contribution is -2.03. The Kier molecular flexibility index (Phi) is 3.98. The third kappa shape index (κ3) is 2.89. The zero-order chi connectivity index (χ0) is 20.0. The molecule has 0 radical (unpaired) electrons. The first kappa shape index (κ1) is 17.3. The predicted octanol–water partition coefficient (Wildman–Crippen LogP) is 4.66. The van der Waals surface area contributed by atoms with E-state index in [4.69, 9.17) is 4.98 Å². The summed E-state index contributed by atoms with van der Waals surface area (Å²) in [5, 5.41) is 0.940. The number of carbonyl (C=O) groups excluding carboxylic acids is 1. The van der Waals surface area contributed by atoms with Crippen LogP contribution in [-0.2, 0) is 6.54 Å². The van der Waals surface area contributed by atoms with Crippen LogP contribution in [0.4, 0.5) is 4.39 Å². The Balaban J connectivity index is 1.76. The molecule has 0 atom stereocenters. The second-order valence-corrected chi connectivity index (χ2v) is 7.03. The van der Waals surface area contributed by atoms with Crippen molar-refractivity contribution in [3.63, 3.8) is 0 Å². The molecule has 0 aliphatic heterocycles. The van der Waals surface area contributed by atoms with Gasteiger partial charge in [-0.3, -0.25) is 9.78 Å². The van der Waals surface area contributed by atoms with Gasteiger partial charge < -0.3 is 8.97 Å². The van der Waals surface area contributed by atoms with Crippen LogP contribution in [0.3, 0.4) is 0 Å². The summed E-state index contributed by atoms with van der Waals surface area (Å²) in [5.74, 6) is -0.281. The molecule has 0 amide bonds. The summed E-state index contributed by atoms with van der Waals surface area (Å²) in [5.41, 5.74) is 5.73. The molecule has 4 aromatic heterocycles. The third-order valence-corrected chi connectivity index (χ3v) is 5.20. The van der Waals surface area contributed by atoms with Gasteiger partial charge in [0.25, 0.3) is 0 Å². The first-order valence-electron chi connectivity index (χ1n) is 9.26. The Morgan fingerprint density at radius 1 is 1.14 bits per heavy atom. The van der Waals surface area contributed by atoms with Gasteiger partial charge in [0.2, 0.25) is 0 Å². The molecular weight excluding hydrogens is 367 g/mol. The molecule has 0 saturated heterocycles. The largest absolute Gasteiger partial charge is 0.335 e. The summed E-state index contributed by atoms with van der Waals surface area (Å²) in [6, 6.07) is 14.2. The molecule has 0 fully saturated rings. The summed E-state index contributed by atoms with van der Waals surface area (Å²) < 4.78 is 18.0. The monoisotopic (exact) mass is 384 g/mol. The number of aryl methyl sites for hydroxylation is 1. The number of aromatic nitrogens is 4. The van der Waals surface area contributed by atoms with Crippen LogP contribution in [-0.4, -0.2) is 25.2 Å². The van der Waals surface area contributed by atoms with Crippen LogP contribution < -0.4 is 0 Å². The number of hydrogen-bond donors (Lipinski definition) is 0. The van der Waals surface area contributed by atoms with E-state index in [2.05, 4.69) is 9.55 Å². The molecule has 0 bridgehead atoms. The van der Waals surface area contributed by atoms with Gasteiger partial charge in [-0.1, -0.05) is 6.07 Å².